The second kappa shape index (κ2) is 5.53. The Balaban J connectivity index is 1.86. The van der Waals surface area contributed by atoms with Gasteiger partial charge in [-0.25, -0.2) is 0 Å². The van der Waals surface area contributed by atoms with E-state index in [2.05, 4.69) is 4.90 Å². The summed E-state index contributed by atoms with van der Waals surface area (Å²) in [6.45, 7) is 3.44. The van der Waals surface area contributed by atoms with Gasteiger partial charge in [0.05, 0.1) is 6.54 Å². The van der Waals surface area contributed by atoms with Gasteiger partial charge >= 0.3 is 5.97 Å². The number of carboxylic acids is 1. The molecule has 1 saturated heterocycles. The molecule has 2 heterocycles. The number of fused-ring (bicyclic) bond motifs is 1. The van der Waals surface area contributed by atoms with E-state index in [0.29, 0.717) is 13.0 Å². The summed E-state index contributed by atoms with van der Waals surface area (Å²) in [7, 11) is 0. The second-order valence-electron chi connectivity index (χ2n) is 5.86. The molecular formula is C17H21NO3. The number of hydrogen-bond acceptors (Lipinski definition) is 3. The molecule has 112 valence electrons. The molecule has 0 radical (unpaired) electrons. The second-order valence-corrected chi connectivity index (χ2v) is 5.86. The standard InChI is InChI=1S/C17H21NO3/c1-2-8-17(16(19)20)9-5-10-18(17)12-14-11-13-6-3-4-7-15(13)21-14/h3-4,6-7,11H,2,5,8-10,12H2,1H3,(H,19,20). The van der Waals surface area contributed by atoms with Crippen molar-refractivity contribution in [2.24, 2.45) is 0 Å². The average molecular weight is 287 g/mol. The molecule has 1 aromatic carbocycles. The van der Waals surface area contributed by atoms with Gasteiger partial charge in [0.1, 0.15) is 16.9 Å². The molecule has 1 aromatic heterocycles. The molecule has 1 aliphatic rings. The molecule has 21 heavy (non-hydrogen) atoms. The van der Waals surface area contributed by atoms with E-state index in [9.17, 15) is 9.90 Å². The monoisotopic (exact) mass is 287 g/mol. The highest BCUT2D eigenvalue weighted by molar-refractivity contribution is 5.79. The number of para-hydroxylation sites is 1. The molecule has 0 amide bonds. The first-order valence-electron chi connectivity index (χ1n) is 7.61. The van der Waals surface area contributed by atoms with Crippen LogP contribution in [-0.2, 0) is 11.3 Å². The smallest absolute Gasteiger partial charge is 0.324 e. The van der Waals surface area contributed by atoms with Crippen LogP contribution in [0.15, 0.2) is 34.7 Å². The Morgan fingerprint density at radius 1 is 1.43 bits per heavy atom. The fraction of sp³-hybridized carbons (Fsp3) is 0.471. The Bertz CT molecular complexity index is 615. The highest BCUT2D eigenvalue weighted by Crippen LogP contribution is 2.35. The molecule has 1 aliphatic heterocycles. The minimum Gasteiger partial charge on any atom is -0.480 e. The van der Waals surface area contributed by atoms with Gasteiger partial charge < -0.3 is 9.52 Å². The zero-order valence-electron chi connectivity index (χ0n) is 12.3. The first-order chi connectivity index (χ1) is 10.2. The van der Waals surface area contributed by atoms with Gasteiger partial charge in [-0.3, -0.25) is 9.69 Å². The number of nitrogens with zero attached hydrogens (tertiary/aromatic N) is 1. The van der Waals surface area contributed by atoms with Crippen LogP contribution in [0.25, 0.3) is 11.0 Å². The molecule has 4 heteroatoms. The molecule has 0 spiro atoms. The van der Waals surface area contributed by atoms with Gasteiger partial charge in [0.2, 0.25) is 0 Å². The first-order valence-corrected chi connectivity index (χ1v) is 7.61. The van der Waals surface area contributed by atoms with E-state index in [1.807, 2.05) is 37.3 Å². The van der Waals surface area contributed by atoms with E-state index < -0.39 is 11.5 Å². The summed E-state index contributed by atoms with van der Waals surface area (Å²) >= 11 is 0. The summed E-state index contributed by atoms with van der Waals surface area (Å²) in [5, 5.41) is 10.8. The molecule has 1 N–H and O–H groups in total. The Kier molecular flexibility index (Phi) is 3.72. The number of aliphatic carboxylic acids is 1. The predicted molar refractivity (Wildman–Crippen MR) is 81.1 cm³/mol. The quantitative estimate of drug-likeness (QED) is 0.912. The number of benzene rings is 1. The van der Waals surface area contributed by atoms with Gasteiger partial charge in [0.25, 0.3) is 0 Å². The third-order valence-electron chi connectivity index (χ3n) is 4.51. The number of furan rings is 1. The fourth-order valence-corrected chi connectivity index (χ4v) is 3.51. The third-order valence-corrected chi connectivity index (χ3v) is 4.51. The maximum Gasteiger partial charge on any atom is 0.324 e. The number of rotatable bonds is 5. The van der Waals surface area contributed by atoms with E-state index >= 15 is 0 Å². The summed E-state index contributed by atoms with van der Waals surface area (Å²) in [4.78, 5) is 13.9. The molecule has 1 fully saturated rings. The van der Waals surface area contributed by atoms with Crippen LogP contribution in [0.5, 0.6) is 0 Å². The van der Waals surface area contributed by atoms with Gasteiger partial charge in [0.15, 0.2) is 0 Å². The zero-order chi connectivity index (χ0) is 14.9. The van der Waals surface area contributed by atoms with Crippen molar-refractivity contribution in [3.63, 3.8) is 0 Å². The molecule has 0 saturated carbocycles. The number of hydrogen-bond donors (Lipinski definition) is 1. The topological polar surface area (TPSA) is 53.7 Å². The zero-order valence-corrected chi connectivity index (χ0v) is 12.3. The maximum atomic E-state index is 11.8. The summed E-state index contributed by atoms with van der Waals surface area (Å²) < 4.78 is 5.85. The molecule has 1 atom stereocenters. The normalized spacial score (nSPS) is 22.9. The van der Waals surface area contributed by atoms with Crippen molar-refractivity contribution in [3.8, 4) is 0 Å². The lowest BCUT2D eigenvalue weighted by Crippen LogP contribution is -2.49. The molecule has 0 aliphatic carbocycles. The molecule has 1 unspecified atom stereocenters. The van der Waals surface area contributed by atoms with Crippen LogP contribution in [0.3, 0.4) is 0 Å². The number of carbonyl (C=O) groups is 1. The van der Waals surface area contributed by atoms with E-state index in [4.69, 9.17) is 4.42 Å². The molecular weight excluding hydrogens is 266 g/mol. The van der Waals surface area contributed by atoms with Crippen LogP contribution in [-0.4, -0.2) is 28.1 Å². The third kappa shape index (κ3) is 2.44. The van der Waals surface area contributed by atoms with Gasteiger partial charge in [-0.05, 0) is 37.9 Å². The van der Waals surface area contributed by atoms with Crippen molar-refractivity contribution >= 4 is 16.9 Å². The van der Waals surface area contributed by atoms with Crippen LogP contribution in [0.1, 0.15) is 38.4 Å². The average Bonchev–Trinajstić information content (AvgIpc) is 3.04. The van der Waals surface area contributed by atoms with Gasteiger partial charge in [0, 0.05) is 5.39 Å². The first kappa shape index (κ1) is 14.1. The molecule has 0 bridgehead atoms. The van der Waals surface area contributed by atoms with Gasteiger partial charge in [-0.2, -0.15) is 0 Å². The van der Waals surface area contributed by atoms with Crippen LogP contribution in [0.2, 0.25) is 0 Å². The van der Waals surface area contributed by atoms with E-state index in [0.717, 1.165) is 42.5 Å². The van der Waals surface area contributed by atoms with Crippen LogP contribution in [0.4, 0.5) is 0 Å². The van der Waals surface area contributed by atoms with Crippen molar-refractivity contribution < 1.29 is 14.3 Å². The summed E-state index contributed by atoms with van der Waals surface area (Å²) in [6.07, 6.45) is 3.24. The SMILES string of the molecule is CCCC1(C(=O)O)CCCN1Cc1cc2ccccc2o1. The Morgan fingerprint density at radius 3 is 2.95 bits per heavy atom. The van der Waals surface area contributed by atoms with E-state index in [1.54, 1.807) is 0 Å². The van der Waals surface area contributed by atoms with Crippen LogP contribution in [0, 0.1) is 0 Å². The highest BCUT2D eigenvalue weighted by Gasteiger charge is 2.46. The molecule has 3 rings (SSSR count). The van der Waals surface area contributed by atoms with Crippen molar-refractivity contribution in [3.05, 3.63) is 36.1 Å². The predicted octanol–water partition coefficient (Wildman–Crippen LogP) is 3.65. The summed E-state index contributed by atoms with van der Waals surface area (Å²) in [5.74, 6) is 0.151. The van der Waals surface area contributed by atoms with Crippen LogP contribution < -0.4 is 0 Å². The Labute approximate surface area is 124 Å². The summed E-state index contributed by atoms with van der Waals surface area (Å²) in [6, 6.07) is 9.91. The number of carboxylic acid groups (broad SMARTS) is 1. The number of likely N-dealkylation sites (tertiary alicyclic amines) is 1. The van der Waals surface area contributed by atoms with E-state index in [1.165, 1.54) is 0 Å². The fourth-order valence-electron chi connectivity index (χ4n) is 3.51. The summed E-state index contributed by atoms with van der Waals surface area (Å²) in [5.41, 5.74) is 0.149. The Hall–Kier alpha value is -1.81. The van der Waals surface area contributed by atoms with Gasteiger partial charge in [-0.15, -0.1) is 0 Å². The van der Waals surface area contributed by atoms with Crippen molar-refractivity contribution in [1.82, 2.24) is 4.90 Å². The Morgan fingerprint density at radius 2 is 2.24 bits per heavy atom. The lowest BCUT2D eigenvalue weighted by Gasteiger charge is -2.34. The molecule has 2 aromatic rings. The lowest BCUT2D eigenvalue weighted by molar-refractivity contribution is -0.150. The van der Waals surface area contributed by atoms with Crippen molar-refractivity contribution in [2.75, 3.05) is 6.54 Å². The minimum atomic E-state index is -0.715. The largest absolute Gasteiger partial charge is 0.480 e. The van der Waals surface area contributed by atoms with Crippen LogP contribution >= 0.6 is 0 Å². The maximum absolute atomic E-state index is 11.8. The lowest BCUT2D eigenvalue weighted by atomic mass is 9.90. The highest BCUT2D eigenvalue weighted by atomic mass is 16.4. The molecule has 4 nitrogen and oxygen atoms in total. The van der Waals surface area contributed by atoms with Crippen molar-refractivity contribution in [1.29, 1.82) is 0 Å². The van der Waals surface area contributed by atoms with E-state index in [-0.39, 0.29) is 0 Å². The van der Waals surface area contributed by atoms with Crippen molar-refractivity contribution in [2.45, 2.75) is 44.7 Å². The minimum absolute atomic E-state index is 0.570. The van der Waals surface area contributed by atoms with Gasteiger partial charge in [-0.1, -0.05) is 31.5 Å².